The molecule has 1 N–H and O–H groups in total. The van der Waals surface area contributed by atoms with Gasteiger partial charge in [-0.05, 0) is 13.0 Å². The van der Waals surface area contributed by atoms with Crippen molar-refractivity contribution in [3.05, 3.63) is 34.1 Å². The van der Waals surface area contributed by atoms with E-state index in [0.29, 0.717) is 6.54 Å². The molecular formula is C11H14FN3O4S. The van der Waals surface area contributed by atoms with Gasteiger partial charge in [0, 0.05) is 31.7 Å². The number of benzene rings is 1. The van der Waals surface area contributed by atoms with Crippen molar-refractivity contribution < 1.29 is 17.7 Å². The van der Waals surface area contributed by atoms with Gasteiger partial charge in [-0.15, -0.1) is 0 Å². The van der Waals surface area contributed by atoms with Crippen molar-refractivity contribution >= 4 is 15.7 Å². The highest BCUT2D eigenvalue weighted by atomic mass is 32.2. The van der Waals surface area contributed by atoms with Crippen LogP contribution < -0.4 is 5.32 Å². The maximum absolute atomic E-state index is 13.8. The van der Waals surface area contributed by atoms with Crippen molar-refractivity contribution in [3.8, 4) is 0 Å². The Labute approximate surface area is 115 Å². The molecule has 110 valence electrons. The lowest BCUT2D eigenvalue weighted by atomic mass is 10.3. The second-order valence-electron chi connectivity index (χ2n) is 4.56. The highest BCUT2D eigenvalue weighted by Gasteiger charge is 2.36. The highest BCUT2D eigenvalue weighted by Crippen LogP contribution is 2.29. The third-order valence-corrected chi connectivity index (χ3v) is 5.00. The molecule has 1 atom stereocenters. The predicted octanol–water partition coefficient (Wildman–Crippen LogP) is 0.716. The van der Waals surface area contributed by atoms with E-state index >= 15 is 0 Å². The first-order chi connectivity index (χ1) is 9.34. The van der Waals surface area contributed by atoms with Gasteiger partial charge in [-0.1, -0.05) is 6.07 Å². The van der Waals surface area contributed by atoms with Crippen LogP contribution in [0, 0.1) is 15.9 Å². The summed E-state index contributed by atoms with van der Waals surface area (Å²) in [5.74, 6) is -1.11. The molecule has 0 amide bonds. The number of rotatable bonds is 3. The summed E-state index contributed by atoms with van der Waals surface area (Å²) in [7, 11) is -4.22. The number of nitro benzene ring substituents is 1. The fourth-order valence-corrected chi connectivity index (χ4v) is 3.87. The van der Waals surface area contributed by atoms with E-state index < -0.39 is 31.3 Å². The quantitative estimate of drug-likeness (QED) is 0.656. The lowest BCUT2D eigenvalue weighted by Crippen LogP contribution is -2.51. The molecule has 1 unspecified atom stereocenters. The Morgan fingerprint density at radius 1 is 1.50 bits per heavy atom. The van der Waals surface area contributed by atoms with Crippen molar-refractivity contribution in [2.45, 2.75) is 17.9 Å². The van der Waals surface area contributed by atoms with Crippen molar-refractivity contribution in [2.75, 3.05) is 19.6 Å². The first kappa shape index (κ1) is 14.8. The molecule has 1 aromatic carbocycles. The third-order valence-electron chi connectivity index (χ3n) is 3.07. The zero-order chi connectivity index (χ0) is 14.9. The molecule has 1 saturated heterocycles. The Bertz CT molecular complexity index is 635. The van der Waals surface area contributed by atoms with Crippen molar-refractivity contribution in [1.29, 1.82) is 0 Å². The van der Waals surface area contributed by atoms with E-state index in [4.69, 9.17) is 0 Å². The van der Waals surface area contributed by atoms with E-state index in [0.717, 1.165) is 22.5 Å². The molecule has 2 rings (SSSR count). The van der Waals surface area contributed by atoms with Crippen LogP contribution >= 0.6 is 0 Å². The van der Waals surface area contributed by atoms with Crippen molar-refractivity contribution in [2.24, 2.45) is 0 Å². The summed E-state index contributed by atoms with van der Waals surface area (Å²) in [6.07, 6.45) is 0. The summed E-state index contributed by atoms with van der Waals surface area (Å²) in [4.78, 5) is 9.16. The summed E-state index contributed by atoms with van der Waals surface area (Å²) in [5.41, 5.74) is -0.740. The number of nitrogens with zero attached hydrogens (tertiary/aromatic N) is 2. The number of hydrogen-bond donors (Lipinski definition) is 1. The van der Waals surface area contributed by atoms with Gasteiger partial charge >= 0.3 is 0 Å². The van der Waals surface area contributed by atoms with E-state index in [1.54, 1.807) is 6.92 Å². The Morgan fingerprint density at radius 3 is 2.80 bits per heavy atom. The van der Waals surface area contributed by atoms with Gasteiger partial charge in [-0.25, -0.2) is 12.8 Å². The molecule has 1 heterocycles. The summed E-state index contributed by atoms with van der Waals surface area (Å²) in [5, 5.41) is 14.0. The minimum atomic E-state index is -4.22. The van der Waals surface area contributed by atoms with Crippen molar-refractivity contribution in [1.82, 2.24) is 9.62 Å². The maximum atomic E-state index is 13.8. The van der Waals surface area contributed by atoms with E-state index in [1.165, 1.54) is 0 Å². The summed E-state index contributed by atoms with van der Waals surface area (Å²) < 4.78 is 39.8. The van der Waals surface area contributed by atoms with Gasteiger partial charge in [0.15, 0.2) is 4.90 Å². The zero-order valence-corrected chi connectivity index (χ0v) is 11.6. The normalized spacial score (nSPS) is 20.8. The van der Waals surface area contributed by atoms with Crippen LogP contribution in [0.5, 0.6) is 0 Å². The fraction of sp³-hybridized carbons (Fsp3) is 0.455. The fourth-order valence-electron chi connectivity index (χ4n) is 2.14. The van der Waals surface area contributed by atoms with Crippen LogP contribution in [0.2, 0.25) is 0 Å². The molecule has 0 aliphatic carbocycles. The minimum absolute atomic E-state index is 0.0932. The minimum Gasteiger partial charge on any atom is -0.312 e. The standard InChI is InChI=1S/C11H14FN3O4S/c1-8-7-14(6-5-13-8)20(18,19)11-9(12)3-2-4-10(11)15(16)17/h2-4,8,13H,5-7H2,1H3. The molecule has 1 aliphatic rings. The van der Waals surface area contributed by atoms with E-state index in [2.05, 4.69) is 5.32 Å². The number of hydrogen-bond acceptors (Lipinski definition) is 5. The monoisotopic (exact) mass is 303 g/mol. The van der Waals surface area contributed by atoms with Crippen LogP contribution in [0.1, 0.15) is 6.92 Å². The van der Waals surface area contributed by atoms with Crippen LogP contribution in [0.4, 0.5) is 10.1 Å². The second-order valence-corrected chi connectivity index (χ2v) is 6.44. The topological polar surface area (TPSA) is 92.5 Å². The molecule has 1 aliphatic heterocycles. The number of nitro groups is 1. The number of nitrogens with one attached hydrogen (secondary N) is 1. The molecule has 20 heavy (non-hydrogen) atoms. The second kappa shape index (κ2) is 5.43. The summed E-state index contributed by atoms with van der Waals surface area (Å²) in [6.45, 7) is 2.51. The smallest absolute Gasteiger partial charge is 0.292 e. The Hall–Kier alpha value is -1.58. The first-order valence-electron chi connectivity index (χ1n) is 6.00. The van der Waals surface area contributed by atoms with Gasteiger partial charge in [-0.3, -0.25) is 10.1 Å². The first-order valence-corrected chi connectivity index (χ1v) is 7.44. The molecular weight excluding hydrogens is 289 g/mol. The van der Waals surface area contributed by atoms with Crippen LogP contribution in [0.25, 0.3) is 0 Å². The predicted molar refractivity (Wildman–Crippen MR) is 69.3 cm³/mol. The van der Waals surface area contributed by atoms with Gasteiger partial charge in [0.2, 0.25) is 0 Å². The Balaban J connectivity index is 2.52. The highest BCUT2D eigenvalue weighted by molar-refractivity contribution is 7.89. The number of sulfonamides is 1. The van der Waals surface area contributed by atoms with Crippen LogP contribution in [0.15, 0.2) is 23.1 Å². The van der Waals surface area contributed by atoms with Gasteiger partial charge < -0.3 is 5.32 Å². The molecule has 0 radical (unpaired) electrons. The third kappa shape index (κ3) is 2.65. The van der Waals surface area contributed by atoms with Crippen LogP contribution in [-0.2, 0) is 10.0 Å². The summed E-state index contributed by atoms with van der Waals surface area (Å²) >= 11 is 0. The van der Waals surface area contributed by atoms with Gasteiger partial charge in [0.05, 0.1) is 4.92 Å². The average molecular weight is 303 g/mol. The Morgan fingerprint density at radius 2 is 2.20 bits per heavy atom. The lowest BCUT2D eigenvalue weighted by Gasteiger charge is -2.30. The van der Waals surface area contributed by atoms with Crippen LogP contribution in [-0.4, -0.2) is 43.3 Å². The SMILES string of the molecule is CC1CN(S(=O)(=O)c2c(F)cccc2[N+](=O)[O-])CCN1. The number of piperazine rings is 1. The van der Waals surface area contributed by atoms with Gasteiger partial charge in [0.25, 0.3) is 15.7 Å². The van der Waals surface area contributed by atoms with Gasteiger partial charge in [0.1, 0.15) is 5.82 Å². The van der Waals surface area contributed by atoms with Crippen molar-refractivity contribution in [3.63, 3.8) is 0 Å². The average Bonchev–Trinajstić information content (AvgIpc) is 2.38. The number of halogens is 1. The zero-order valence-electron chi connectivity index (χ0n) is 10.7. The van der Waals surface area contributed by atoms with E-state index in [9.17, 15) is 22.9 Å². The van der Waals surface area contributed by atoms with Gasteiger partial charge in [-0.2, -0.15) is 4.31 Å². The lowest BCUT2D eigenvalue weighted by molar-refractivity contribution is -0.388. The van der Waals surface area contributed by atoms with Crippen LogP contribution in [0.3, 0.4) is 0 Å². The van der Waals surface area contributed by atoms with E-state index in [1.807, 2.05) is 0 Å². The molecule has 1 aromatic rings. The molecule has 0 spiro atoms. The molecule has 9 heteroatoms. The van der Waals surface area contributed by atoms with E-state index in [-0.39, 0.29) is 19.1 Å². The molecule has 0 bridgehead atoms. The maximum Gasteiger partial charge on any atom is 0.292 e. The molecule has 7 nitrogen and oxygen atoms in total. The molecule has 0 saturated carbocycles. The molecule has 0 aromatic heterocycles. The largest absolute Gasteiger partial charge is 0.312 e. The summed E-state index contributed by atoms with van der Waals surface area (Å²) in [6, 6.07) is 2.92. The Kier molecular flexibility index (Phi) is 4.02. The molecule has 1 fully saturated rings.